The predicted molar refractivity (Wildman–Crippen MR) is 60.9 cm³/mol. The van der Waals surface area contributed by atoms with Crippen LogP contribution in [-0.2, 0) is 13.6 Å². The van der Waals surface area contributed by atoms with Crippen molar-refractivity contribution in [1.29, 1.82) is 0 Å². The molecule has 0 fully saturated rings. The number of hydrogen-bond acceptors (Lipinski definition) is 4. The molecule has 86 valence electrons. The minimum Gasteiger partial charge on any atom is -0.361 e. The van der Waals surface area contributed by atoms with E-state index < -0.39 is 0 Å². The lowest BCUT2D eigenvalue weighted by molar-refractivity contribution is 0.508. The topological polar surface area (TPSA) is 60.6 Å². The Labute approximate surface area is 94.3 Å². The molecule has 6 nitrogen and oxygen atoms in total. The monoisotopic (exact) mass is 220 g/mol. The molecule has 0 aliphatic rings. The van der Waals surface area contributed by atoms with Crippen molar-refractivity contribution in [2.75, 3.05) is 5.32 Å². The fourth-order valence-corrected chi connectivity index (χ4v) is 1.51. The Balaban J connectivity index is 2.02. The Hall–Kier alpha value is -1.85. The summed E-state index contributed by atoms with van der Waals surface area (Å²) in [5.41, 5.74) is 0. The molecule has 0 aliphatic carbocycles. The summed E-state index contributed by atoms with van der Waals surface area (Å²) in [7, 11) is 1.89. The van der Waals surface area contributed by atoms with Crippen molar-refractivity contribution in [1.82, 2.24) is 24.5 Å². The van der Waals surface area contributed by atoms with Crippen LogP contribution in [-0.4, -0.2) is 24.5 Å². The van der Waals surface area contributed by atoms with Crippen LogP contribution in [0.15, 0.2) is 18.6 Å². The first-order chi connectivity index (χ1) is 7.66. The van der Waals surface area contributed by atoms with Crippen LogP contribution in [0.5, 0.6) is 0 Å². The molecule has 0 saturated carbocycles. The fraction of sp³-hybridized carbons (Fsp3) is 0.500. The molecule has 0 amide bonds. The van der Waals surface area contributed by atoms with E-state index in [0.29, 0.717) is 12.6 Å². The molecule has 0 saturated heterocycles. The Morgan fingerprint density at radius 2 is 2.25 bits per heavy atom. The molecule has 0 spiro atoms. The maximum Gasteiger partial charge on any atom is 0.148 e. The van der Waals surface area contributed by atoms with Gasteiger partial charge in [-0.05, 0) is 13.8 Å². The molecule has 0 aromatic carbocycles. The largest absolute Gasteiger partial charge is 0.361 e. The second kappa shape index (κ2) is 4.34. The van der Waals surface area contributed by atoms with Crippen LogP contribution in [0.2, 0.25) is 0 Å². The van der Waals surface area contributed by atoms with E-state index in [9.17, 15) is 0 Å². The molecule has 16 heavy (non-hydrogen) atoms. The number of nitrogens with one attached hydrogen (secondary N) is 1. The number of nitrogens with zero attached hydrogens (tertiary/aromatic N) is 5. The highest BCUT2D eigenvalue weighted by atomic mass is 15.4. The lowest BCUT2D eigenvalue weighted by Gasteiger charge is -2.09. The van der Waals surface area contributed by atoms with Gasteiger partial charge < -0.3 is 5.32 Å². The van der Waals surface area contributed by atoms with Gasteiger partial charge in [-0.1, -0.05) is 0 Å². The number of rotatable bonds is 4. The summed E-state index contributed by atoms with van der Waals surface area (Å²) >= 11 is 0. The summed E-state index contributed by atoms with van der Waals surface area (Å²) in [4.78, 5) is 4.21. The van der Waals surface area contributed by atoms with Crippen LogP contribution >= 0.6 is 0 Å². The highest BCUT2D eigenvalue weighted by molar-refractivity contribution is 5.32. The van der Waals surface area contributed by atoms with Gasteiger partial charge in [0.1, 0.15) is 18.0 Å². The number of anilines is 1. The zero-order chi connectivity index (χ0) is 11.5. The van der Waals surface area contributed by atoms with Gasteiger partial charge in [-0.3, -0.25) is 4.68 Å². The zero-order valence-electron chi connectivity index (χ0n) is 9.75. The van der Waals surface area contributed by atoms with Crippen molar-refractivity contribution in [2.24, 2.45) is 7.05 Å². The van der Waals surface area contributed by atoms with E-state index in [0.717, 1.165) is 11.6 Å². The van der Waals surface area contributed by atoms with E-state index in [1.165, 1.54) is 0 Å². The summed E-state index contributed by atoms with van der Waals surface area (Å²) in [5, 5.41) is 11.6. The van der Waals surface area contributed by atoms with E-state index >= 15 is 0 Å². The van der Waals surface area contributed by atoms with Gasteiger partial charge in [0.25, 0.3) is 0 Å². The van der Waals surface area contributed by atoms with Gasteiger partial charge in [0.05, 0.1) is 6.54 Å². The van der Waals surface area contributed by atoms with Gasteiger partial charge in [-0.2, -0.15) is 10.2 Å². The van der Waals surface area contributed by atoms with Gasteiger partial charge in [-0.25, -0.2) is 9.67 Å². The molecular weight excluding hydrogens is 204 g/mol. The van der Waals surface area contributed by atoms with E-state index in [4.69, 9.17) is 0 Å². The molecule has 2 aromatic rings. The molecule has 0 bridgehead atoms. The summed E-state index contributed by atoms with van der Waals surface area (Å²) in [6.45, 7) is 4.80. The van der Waals surface area contributed by atoms with Gasteiger partial charge in [0, 0.05) is 25.4 Å². The van der Waals surface area contributed by atoms with Gasteiger partial charge in [0.15, 0.2) is 0 Å². The normalized spacial score (nSPS) is 11.0. The fourth-order valence-electron chi connectivity index (χ4n) is 1.51. The van der Waals surface area contributed by atoms with E-state index in [1.54, 1.807) is 11.0 Å². The summed E-state index contributed by atoms with van der Waals surface area (Å²) in [6, 6.07) is 2.25. The Morgan fingerprint density at radius 1 is 1.44 bits per heavy atom. The van der Waals surface area contributed by atoms with Crippen LogP contribution < -0.4 is 5.32 Å². The average Bonchev–Trinajstić information content (AvgIpc) is 2.83. The molecule has 1 N–H and O–H groups in total. The quantitative estimate of drug-likeness (QED) is 0.841. The van der Waals surface area contributed by atoms with Crippen LogP contribution in [0.3, 0.4) is 0 Å². The minimum atomic E-state index is 0.322. The summed E-state index contributed by atoms with van der Waals surface area (Å²) in [5.74, 6) is 1.77. The molecular formula is C10H16N6. The maximum absolute atomic E-state index is 4.23. The molecule has 2 aromatic heterocycles. The smallest absolute Gasteiger partial charge is 0.148 e. The SMILES string of the molecule is CC(C)n1ncnc1CNc1ccn(C)n1. The van der Waals surface area contributed by atoms with Gasteiger partial charge in [-0.15, -0.1) is 0 Å². The predicted octanol–water partition coefficient (Wildman–Crippen LogP) is 1.20. The van der Waals surface area contributed by atoms with Crippen LogP contribution in [0.1, 0.15) is 25.7 Å². The van der Waals surface area contributed by atoms with E-state index in [2.05, 4.69) is 34.3 Å². The summed E-state index contributed by atoms with van der Waals surface area (Å²) in [6.07, 6.45) is 3.48. The third kappa shape index (κ3) is 2.21. The minimum absolute atomic E-state index is 0.322. The van der Waals surface area contributed by atoms with Gasteiger partial charge in [0.2, 0.25) is 0 Å². The molecule has 2 rings (SSSR count). The van der Waals surface area contributed by atoms with Crippen LogP contribution in [0.4, 0.5) is 5.82 Å². The van der Waals surface area contributed by atoms with Crippen molar-refractivity contribution in [3.05, 3.63) is 24.4 Å². The van der Waals surface area contributed by atoms with E-state index in [-0.39, 0.29) is 0 Å². The lowest BCUT2D eigenvalue weighted by Crippen LogP contribution is -2.12. The van der Waals surface area contributed by atoms with E-state index in [1.807, 2.05) is 24.0 Å². The van der Waals surface area contributed by atoms with Crippen molar-refractivity contribution >= 4 is 5.82 Å². The molecule has 2 heterocycles. The highest BCUT2D eigenvalue weighted by Gasteiger charge is 2.07. The first-order valence-electron chi connectivity index (χ1n) is 5.28. The van der Waals surface area contributed by atoms with Crippen LogP contribution in [0, 0.1) is 0 Å². The first kappa shape index (κ1) is 10.7. The molecule has 0 unspecified atom stereocenters. The van der Waals surface area contributed by atoms with Crippen molar-refractivity contribution in [2.45, 2.75) is 26.4 Å². The van der Waals surface area contributed by atoms with Crippen molar-refractivity contribution in [3.63, 3.8) is 0 Å². The first-order valence-corrected chi connectivity index (χ1v) is 5.28. The molecule has 6 heteroatoms. The summed E-state index contributed by atoms with van der Waals surface area (Å²) < 4.78 is 3.66. The Bertz CT molecular complexity index is 455. The zero-order valence-corrected chi connectivity index (χ0v) is 9.75. The van der Waals surface area contributed by atoms with Crippen molar-refractivity contribution < 1.29 is 0 Å². The second-order valence-electron chi connectivity index (χ2n) is 3.94. The maximum atomic E-state index is 4.23. The number of aryl methyl sites for hydroxylation is 1. The van der Waals surface area contributed by atoms with Gasteiger partial charge >= 0.3 is 0 Å². The lowest BCUT2D eigenvalue weighted by atomic mass is 10.4. The number of hydrogen-bond donors (Lipinski definition) is 1. The third-order valence-corrected chi connectivity index (χ3v) is 2.28. The van der Waals surface area contributed by atoms with Crippen LogP contribution in [0.25, 0.3) is 0 Å². The molecule has 0 radical (unpaired) electrons. The van der Waals surface area contributed by atoms with Crippen molar-refractivity contribution in [3.8, 4) is 0 Å². The third-order valence-electron chi connectivity index (χ3n) is 2.28. The molecule has 0 atom stereocenters. The standard InChI is InChI=1S/C10H16N6/c1-8(2)16-10(12-7-13-16)6-11-9-4-5-15(3)14-9/h4-5,7-8H,6H2,1-3H3,(H,11,14). The Morgan fingerprint density at radius 3 is 2.88 bits per heavy atom. The number of aromatic nitrogens is 5. The molecule has 0 aliphatic heterocycles. The second-order valence-corrected chi connectivity index (χ2v) is 3.94. The highest BCUT2D eigenvalue weighted by Crippen LogP contribution is 2.07. The Kier molecular flexibility index (Phi) is 2.89. The average molecular weight is 220 g/mol.